The smallest absolute Gasteiger partial charge is 0.306 e. The fourth-order valence-electron chi connectivity index (χ4n) is 3.22. The van der Waals surface area contributed by atoms with Gasteiger partial charge in [0.15, 0.2) is 0 Å². The molecule has 0 radical (unpaired) electrons. The van der Waals surface area contributed by atoms with Crippen LogP contribution in [0.25, 0.3) is 0 Å². The Morgan fingerprint density at radius 1 is 1.27 bits per heavy atom. The van der Waals surface area contributed by atoms with Crippen LogP contribution in [0.2, 0.25) is 5.02 Å². The molecule has 1 aromatic carbocycles. The van der Waals surface area contributed by atoms with Crippen LogP contribution in [0.3, 0.4) is 0 Å². The van der Waals surface area contributed by atoms with E-state index in [-0.39, 0.29) is 18.2 Å². The van der Waals surface area contributed by atoms with Crippen molar-refractivity contribution in [2.75, 3.05) is 7.11 Å². The van der Waals surface area contributed by atoms with Crippen molar-refractivity contribution in [1.29, 1.82) is 0 Å². The van der Waals surface area contributed by atoms with E-state index in [1.807, 2.05) is 31.2 Å². The van der Waals surface area contributed by atoms with Crippen LogP contribution in [0.4, 0.5) is 0 Å². The monoisotopic (exact) mass is 324 g/mol. The third-order valence-corrected chi connectivity index (χ3v) is 4.73. The molecule has 1 aromatic rings. The fraction of sp³-hybridized carbons (Fsp3) is 0.611. The first-order chi connectivity index (χ1) is 10.6. The van der Waals surface area contributed by atoms with Crippen molar-refractivity contribution < 1.29 is 14.3 Å². The fourth-order valence-corrected chi connectivity index (χ4v) is 3.46. The van der Waals surface area contributed by atoms with E-state index in [1.54, 1.807) is 7.11 Å². The zero-order chi connectivity index (χ0) is 15.9. The lowest BCUT2D eigenvalue weighted by molar-refractivity contribution is -0.156. The van der Waals surface area contributed by atoms with Crippen molar-refractivity contribution in [2.24, 2.45) is 5.92 Å². The molecule has 122 valence electrons. The van der Waals surface area contributed by atoms with Crippen molar-refractivity contribution >= 4 is 17.6 Å². The van der Waals surface area contributed by atoms with Crippen molar-refractivity contribution in [1.82, 2.24) is 0 Å². The van der Waals surface area contributed by atoms with Crippen molar-refractivity contribution in [2.45, 2.75) is 57.7 Å². The molecule has 1 aliphatic rings. The minimum atomic E-state index is -0.360. The van der Waals surface area contributed by atoms with Gasteiger partial charge in [-0.1, -0.05) is 49.1 Å². The highest BCUT2D eigenvalue weighted by Crippen LogP contribution is 2.30. The molecular formula is C18H25ClO3. The lowest BCUT2D eigenvalue weighted by Crippen LogP contribution is -2.25. The predicted octanol–water partition coefficient (Wildman–Crippen LogP) is 4.93. The molecule has 0 aromatic heterocycles. The number of carbonyl (C=O) groups is 1. The number of benzene rings is 1. The Balaban J connectivity index is 1.92. The highest BCUT2D eigenvalue weighted by molar-refractivity contribution is 6.31. The second kappa shape index (κ2) is 8.54. The van der Waals surface area contributed by atoms with Gasteiger partial charge in [-0.25, -0.2) is 0 Å². The number of hydrogen-bond donors (Lipinski definition) is 0. The molecule has 0 bridgehead atoms. The molecule has 2 rings (SSSR count). The maximum absolute atomic E-state index is 12.1. The molecule has 0 N–H and O–H groups in total. The second-order valence-electron chi connectivity index (χ2n) is 6.08. The molecule has 2 atom stereocenters. The Hall–Kier alpha value is -1.06. The van der Waals surface area contributed by atoms with Crippen LogP contribution in [0.1, 0.15) is 57.1 Å². The summed E-state index contributed by atoms with van der Waals surface area (Å²) in [6.45, 7) is 1.86. The molecule has 4 heteroatoms. The summed E-state index contributed by atoms with van der Waals surface area (Å²) >= 11 is 6.21. The van der Waals surface area contributed by atoms with Crippen LogP contribution in [0.15, 0.2) is 24.3 Å². The average molecular weight is 325 g/mol. The third-order valence-electron chi connectivity index (χ3n) is 4.39. The van der Waals surface area contributed by atoms with E-state index < -0.39 is 0 Å². The Bertz CT molecular complexity index is 483. The molecule has 1 fully saturated rings. The van der Waals surface area contributed by atoms with Crippen LogP contribution >= 0.6 is 11.6 Å². The highest BCUT2D eigenvalue weighted by Gasteiger charge is 2.26. The zero-order valence-electron chi connectivity index (χ0n) is 13.4. The number of ether oxygens (including phenoxy) is 2. The van der Waals surface area contributed by atoms with Crippen LogP contribution in [0, 0.1) is 5.92 Å². The van der Waals surface area contributed by atoms with Gasteiger partial charge in [-0.05, 0) is 31.7 Å². The summed E-state index contributed by atoms with van der Waals surface area (Å²) < 4.78 is 11.1. The lowest BCUT2D eigenvalue weighted by atomic mass is 9.87. The van der Waals surface area contributed by atoms with Crippen LogP contribution in [0.5, 0.6) is 0 Å². The van der Waals surface area contributed by atoms with Gasteiger partial charge in [0, 0.05) is 24.1 Å². The largest absolute Gasteiger partial charge is 0.460 e. The maximum Gasteiger partial charge on any atom is 0.306 e. The molecular weight excluding hydrogens is 300 g/mol. The average Bonchev–Trinajstić information content (AvgIpc) is 2.50. The van der Waals surface area contributed by atoms with Crippen molar-refractivity contribution in [3.05, 3.63) is 34.9 Å². The summed E-state index contributed by atoms with van der Waals surface area (Å²) in [6.07, 6.45) is 5.85. The molecule has 0 unspecified atom stereocenters. The van der Waals surface area contributed by atoms with E-state index in [9.17, 15) is 4.79 Å². The van der Waals surface area contributed by atoms with Gasteiger partial charge in [0.05, 0.1) is 0 Å². The Labute approximate surface area is 137 Å². The summed E-state index contributed by atoms with van der Waals surface area (Å²) in [6, 6.07) is 7.50. The Morgan fingerprint density at radius 2 is 1.95 bits per heavy atom. The van der Waals surface area contributed by atoms with E-state index in [4.69, 9.17) is 21.1 Å². The SMILES string of the molecule is CO[C@@H](c1ccccc1Cl)[C@H](C)OC(=O)CC1CCCCC1. The van der Waals surface area contributed by atoms with Gasteiger partial charge in [0.2, 0.25) is 0 Å². The number of methoxy groups -OCH3 is 1. The molecule has 1 saturated carbocycles. The van der Waals surface area contributed by atoms with Gasteiger partial charge in [-0.2, -0.15) is 0 Å². The standard InChI is InChI=1S/C18H25ClO3/c1-13(18(21-2)15-10-6-7-11-16(15)19)22-17(20)12-14-8-4-3-5-9-14/h6-7,10-11,13-14,18H,3-5,8-9,12H2,1-2H3/t13-,18+/m0/s1. The first-order valence-corrected chi connectivity index (χ1v) is 8.46. The van der Waals surface area contributed by atoms with Crippen LogP contribution in [-0.4, -0.2) is 19.2 Å². The van der Waals surface area contributed by atoms with Crippen LogP contribution in [-0.2, 0) is 14.3 Å². The van der Waals surface area contributed by atoms with E-state index in [0.717, 1.165) is 18.4 Å². The van der Waals surface area contributed by atoms with Gasteiger partial charge in [0.1, 0.15) is 12.2 Å². The summed E-state index contributed by atoms with van der Waals surface area (Å²) in [4.78, 5) is 12.1. The summed E-state index contributed by atoms with van der Waals surface area (Å²) in [5.74, 6) is 0.350. The number of esters is 1. The lowest BCUT2D eigenvalue weighted by Gasteiger charge is -2.26. The molecule has 0 spiro atoms. The van der Waals surface area contributed by atoms with Gasteiger partial charge in [-0.15, -0.1) is 0 Å². The van der Waals surface area contributed by atoms with E-state index in [1.165, 1.54) is 19.3 Å². The number of rotatable bonds is 6. The first kappa shape index (κ1) is 17.3. The van der Waals surface area contributed by atoms with E-state index >= 15 is 0 Å². The normalized spacial score (nSPS) is 18.7. The predicted molar refractivity (Wildman–Crippen MR) is 87.9 cm³/mol. The van der Waals surface area contributed by atoms with Crippen molar-refractivity contribution in [3.63, 3.8) is 0 Å². The Morgan fingerprint density at radius 3 is 2.59 bits per heavy atom. The van der Waals surface area contributed by atoms with E-state index in [2.05, 4.69) is 0 Å². The molecule has 0 saturated heterocycles. The van der Waals surface area contributed by atoms with Crippen LogP contribution < -0.4 is 0 Å². The van der Waals surface area contributed by atoms with Gasteiger partial charge >= 0.3 is 5.97 Å². The summed E-state index contributed by atoms with van der Waals surface area (Å²) in [5.41, 5.74) is 0.852. The van der Waals surface area contributed by atoms with Gasteiger partial charge < -0.3 is 9.47 Å². The third kappa shape index (κ3) is 4.72. The number of halogens is 1. The molecule has 3 nitrogen and oxygen atoms in total. The molecule has 0 heterocycles. The highest BCUT2D eigenvalue weighted by atomic mass is 35.5. The van der Waals surface area contributed by atoms with Gasteiger partial charge in [-0.3, -0.25) is 4.79 Å². The molecule has 0 aliphatic heterocycles. The Kier molecular flexibility index (Phi) is 6.71. The van der Waals surface area contributed by atoms with Crippen molar-refractivity contribution in [3.8, 4) is 0 Å². The number of carbonyl (C=O) groups excluding carboxylic acids is 1. The zero-order valence-corrected chi connectivity index (χ0v) is 14.1. The maximum atomic E-state index is 12.1. The summed E-state index contributed by atoms with van der Waals surface area (Å²) in [5, 5.41) is 0.629. The second-order valence-corrected chi connectivity index (χ2v) is 6.49. The minimum Gasteiger partial charge on any atom is -0.460 e. The minimum absolute atomic E-state index is 0.131. The topological polar surface area (TPSA) is 35.5 Å². The molecule has 0 amide bonds. The number of hydrogen-bond acceptors (Lipinski definition) is 3. The first-order valence-electron chi connectivity index (χ1n) is 8.08. The molecule has 1 aliphatic carbocycles. The van der Waals surface area contributed by atoms with Gasteiger partial charge in [0.25, 0.3) is 0 Å². The molecule has 22 heavy (non-hydrogen) atoms. The summed E-state index contributed by atoms with van der Waals surface area (Å²) in [7, 11) is 1.61. The van der Waals surface area contributed by atoms with E-state index in [0.29, 0.717) is 17.4 Å². The quantitative estimate of drug-likeness (QED) is 0.696.